The van der Waals surface area contributed by atoms with Crippen molar-refractivity contribution < 1.29 is 14.6 Å². The zero-order valence-electron chi connectivity index (χ0n) is 14.4. The van der Waals surface area contributed by atoms with E-state index in [2.05, 4.69) is 10.1 Å². The molecule has 1 aliphatic heterocycles. The smallest absolute Gasteiger partial charge is 0.244 e. The Bertz CT molecular complexity index is 958. The molecule has 0 saturated carbocycles. The molecular formula is C19H17ClN4O3. The van der Waals surface area contributed by atoms with E-state index >= 15 is 0 Å². The lowest BCUT2D eigenvalue weighted by atomic mass is 10.0. The van der Waals surface area contributed by atoms with Gasteiger partial charge in [0.2, 0.25) is 5.91 Å². The van der Waals surface area contributed by atoms with Crippen molar-refractivity contribution in [1.29, 1.82) is 0 Å². The molecule has 1 aromatic carbocycles. The largest absolute Gasteiger partial charge is 0.504 e. The summed E-state index contributed by atoms with van der Waals surface area (Å²) in [5, 5.41) is 15.0. The molecule has 3 heterocycles. The fourth-order valence-electron chi connectivity index (χ4n) is 3.04. The number of hydrogen-bond donors (Lipinski definition) is 1. The number of rotatable bonds is 3. The van der Waals surface area contributed by atoms with Gasteiger partial charge in [0.05, 0.1) is 17.3 Å². The van der Waals surface area contributed by atoms with Crippen LogP contribution in [0, 0.1) is 0 Å². The Morgan fingerprint density at radius 3 is 2.96 bits per heavy atom. The Morgan fingerprint density at radius 2 is 2.22 bits per heavy atom. The highest BCUT2D eigenvalue weighted by Crippen LogP contribution is 2.37. The number of phenols is 1. The molecule has 1 aliphatic rings. The van der Waals surface area contributed by atoms with Crippen LogP contribution in [0.5, 0.6) is 11.5 Å². The quantitative estimate of drug-likeness (QED) is 0.751. The van der Waals surface area contributed by atoms with Gasteiger partial charge >= 0.3 is 0 Å². The van der Waals surface area contributed by atoms with E-state index in [0.29, 0.717) is 36.2 Å². The van der Waals surface area contributed by atoms with Gasteiger partial charge in [0, 0.05) is 36.3 Å². The molecule has 27 heavy (non-hydrogen) atoms. The van der Waals surface area contributed by atoms with Gasteiger partial charge in [-0.05, 0) is 30.3 Å². The maximum atomic E-state index is 12.6. The van der Waals surface area contributed by atoms with Crippen LogP contribution in [0.4, 0.5) is 0 Å². The van der Waals surface area contributed by atoms with Crippen LogP contribution in [-0.4, -0.2) is 43.8 Å². The first-order valence-corrected chi connectivity index (χ1v) is 8.84. The predicted octanol–water partition coefficient (Wildman–Crippen LogP) is 2.73. The van der Waals surface area contributed by atoms with E-state index < -0.39 is 0 Å². The van der Waals surface area contributed by atoms with E-state index in [4.69, 9.17) is 16.3 Å². The number of phenolic OH excluding ortho intramolecular Hbond substituents is 1. The molecule has 8 heteroatoms. The molecule has 0 spiro atoms. The van der Waals surface area contributed by atoms with Gasteiger partial charge in [-0.3, -0.25) is 14.5 Å². The Kier molecular flexibility index (Phi) is 4.68. The number of aromatic nitrogens is 3. The average Bonchev–Trinajstić information content (AvgIpc) is 3.06. The summed E-state index contributed by atoms with van der Waals surface area (Å²) in [6.07, 6.45) is 4.93. The fraction of sp³-hybridized carbons (Fsp3) is 0.211. The molecule has 0 unspecified atom stereocenters. The summed E-state index contributed by atoms with van der Waals surface area (Å²) >= 11 is 5.90. The highest BCUT2D eigenvalue weighted by atomic mass is 35.5. The second-order valence-corrected chi connectivity index (χ2v) is 6.65. The number of aromatic hydroxyl groups is 1. The number of amides is 1. The predicted molar refractivity (Wildman–Crippen MR) is 99.5 cm³/mol. The van der Waals surface area contributed by atoms with Crippen molar-refractivity contribution in [1.82, 2.24) is 19.7 Å². The second kappa shape index (κ2) is 7.28. The molecule has 4 rings (SSSR count). The maximum Gasteiger partial charge on any atom is 0.244 e. The van der Waals surface area contributed by atoms with Crippen LogP contribution in [0.25, 0.3) is 11.3 Å². The molecule has 1 amide bonds. The third kappa shape index (κ3) is 3.73. The summed E-state index contributed by atoms with van der Waals surface area (Å²) in [5.41, 5.74) is 2.14. The first-order chi connectivity index (χ1) is 13.1. The zero-order valence-corrected chi connectivity index (χ0v) is 15.1. The van der Waals surface area contributed by atoms with E-state index in [1.54, 1.807) is 52.4 Å². The van der Waals surface area contributed by atoms with E-state index in [0.717, 1.165) is 11.1 Å². The normalized spacial score (nSPS) is 13.6. The SMILES string of the molecule is O=C(Cn1cccn1)N1CCOc2c(O)cc(-c3ccc(Cl)cn3)cc2C1. The van der Waals surface area contributed by atoms with Crippen molar-refractivity contribution in [2.45, 2.75) is 13.1 Å². The number of fused-ring (bicyclic) bond motifs is 1. The van der Waals surface area contributed by atoms with Crippen molar-refractivity contribution in [2.24, 2.45) is 0 Å². The molecular weight excluding hydrogens is 368 g/mol. The van der Waals surface area contributed by atoms with Crippen LogP contribution in [0.1, 0.15) is 5.56 Å². The Hall–Kier alpha value is -3.06. The van der Waals surface area contributed by atoms with Crippen molar-refractivity contribution in [3.63, 3.8) is 0 Å². The summed E-state index contributed by atoms with van der Waals surface area (Å²) in [7, 11) is 0. The molecule has 2 aromatic heterocycles. The number of pyridine rings is 1. The average molecular weight is 385 g/mol. The molecule has 0 bridgehead atoms. The van der Waals surface area contributed by atoms with Gasteiger partial charge in [-0.1, -0.05) is 11.6 Å². The third-order valence-electron chi connectivity index (χ3n) is 4.35. The molecule has 7 nitrogen and oxygen atoms in total. The van der Waals surface area contributed by atoms with Crippen molar-refractivity contribution in [2.75, 3.05) is 13.2 Å². The van der Waals surface area contributed by atoms with E-state index in [9.17, 15) is 9.90 Å². The van der Waals surface area contributed by atoms with Crippen LogP contribution < -0.4 is 4.74 Å². The van der Waals surface area contributed by atoms with Gasteiger partial charge in [0.25, 0.3) is 0 Å². The topological polar surface area (TPSA) is 80.5 Å². The molecule has 1 N–H and O–H groups in total. The molecule has 138 valence electrons. The van der Waals surface area contributed by atoms with Crippen molar-refractivity contribution in [3.05, 3.63) is 59.5 Å². The molecule has 0 atom stereocenters. The summed E-state index contributed by atoms with van der Waals surface area (Å²) in [6, 6.07) is 8.78. The van der Waals surface area contributed by atoms with E-state index in [1.807, 2.05) is 6.07 Å². The van der Waals surface area contributed by atoms with E-state index in [-0.39, 0.29) is 18.2 Å². The number of carbonyl (C=O) groups excluding carboxylic acids is 1. The lowest BCUT2D eigenvalue weighted by molar-refractivity contribution is -0.132. The Labute approximate surface area is 160 Å². The summed E-state index contributed by atoms with van der Waals surface area (Å²) in [4.78, 5) is 18.6. The summed E-state index contributed by atoms with van der Waals surface area (Å²) in [5.74, 6) is 0.368. The number of halogens is 1. The van der Waals surface area contributed by atoms with Gasteiger partial charge in [-0.25, -0.2) is 0 Å². The van der Waals surface area contributed by atoms with E-state index in [1.165, 1.54) is 0 Å². The Morgan fingerprint density at radius 1 is 1.33 bits per heavy atom. The van der Waals surface area contributed by atoms with Gasteiger partial charge < -0.3 is 14.7 Å². The highest BCUT2D eigenvalue weighted by Gasteiger charge is 2.23. The lowest BCUT2D eigenvalue weighted by Gasteiger charge is -2.20. The number of carbonyl (C=O) groups is 1. The third-order valence-corrected chi connectivity index (χ3v) is 4.57. The monoisotopic (exact) mass is 384 g/mol. The maximum absolute atomic E-state index is 12.6. The first-order valence-electron chi connectivity index (χ1n) is 8.46. The van der Waals surface area contributed by atoms with Crippen LogP contribution in [0.15, 0.2) is 48.9 Å². The molecule has 0 radical (unpaired) electrons. The number of benzene rings is 1. The lowest BCUT2D eigenvalue weighted by Crippen LogP contribution is -2.35. The van der Waals surface area contributed by atoms with Gasteiger partial charge in [0.1, 0.15) is 13.2 Å². The molecule has 0 fully saturated rings. The minimum atomic E-state index is -0.0651. The van der Waals surface area contributed by atoms with Crippen molar-refractivity contribution in [3.8, 4) is 22.8 Å². The standard InChI is InChI=1S/C19H17ClN4O3/c20-15-2-3-16(21-10-15)13-8-14-11-23(6-7-27-19(14)17(25)9-13)18(26)12-24-5-1-4-22-24/h1-5,8-10,25H,6-7,11-12H2. The van der Waals surface area contributed by atoms with Gasteiger partial charge in [-0.15, -0.1) is 0 Å². The fourth-order valence-corrected chi connectivity index (χ4v) is 3.15. The van der Waals surface area contributed by atoms with Gasteiger partial charge in [-0.2, -0.15) is 5.10 Å². The minimum Gasteiger partial charge on any atom is -0.504 e. The number of hydrogen-bond acceptors (Lipinski definition) is 5. The van der Waals surface area contributed by atoms with Crippen LogP contribution in [-0.2, 0) is 17.9 Å². The first kappa shape index (κ1) is 17.4. The van der Waals surface area contributed by atoms with Crippen LogP contribution >= 0.6 is 11.6 Å². The van der Waals surface area contributed by atoms with Crippen molar-refractivity contribution >= 4 is 17.5 Å². The number of ether oxygens (including phenoxy) is 1. The second-order valence-electron chi connectivity index (χ2n) is 6.21. The summed E-state index contributed by atoms with van der Waals surface area (Å²) in [6.45, 7) is 1.24. The summed E-state index contributed by atoms with van der Waals surface area (Å²) < 4.78 is 7.28. The molecule has 3 aromatic rings. The minimum absolute atomic E-state index is 0.0284. The Balaban J connectivity index is 1.62. The van der Waals surface area contributed by atoms with Crippen LogP contribution in [0.3, 0.4) is 0 Å². The van der Waals surface area contributed by atoms with Gasteiger partial charge in [0.15, 0.2) is 11.5 Å². The zero-order chi connectivity index (χ0) is 18.8. The number of nitrogens with zero attached hydrogens (tertiary/aromatic N) is 4. The molecule has 0 saturated heterocycles. The molecule has 0 aliphatic carbocycles. The highest BCUT2D eigenvalue weighted by molar-refractivity contribution is 6.30. The van der Waals surface area contributed by atoms with Crippen LogP contribution in [0.2, 0.25) is 5.02 Å².